The fourth-order valence-electron chi connectivity index (χ4n) is 5.40. The van der Waals surface area contributed by atoms with Crippen molar-refractivity contribution in [1.29, 1.82) is 0 Å². The molecule has 2 heterocycles. The van der Waals surface area contributed by atoms with E-state index in [9.17, 15) is 14.4 Å². The summed E-state index contributed by atoms with van der Waals surface area (Å²) in [5, 5.41) is 8.20. The van der Waals surface area contributed by atoms with E-state index in [1.807, 2.05) is 35.2 Å². The number of piperidine rings is 1. The molecule has 9 nitrogen and oxygen atoms in total. The Hall–Kier alpha value is -3.83. The largest absolute Gasteiger partial charge is 0.497 e. The van der Waals surface area contributed by atoms with Crippen LogP contribution in [0.15, 0.2) is 54.1 Å². The number of aromatic nitrogens is 3. The minimum absolute atomic E-state index is 0.0144. The molecule has 11 heteroatoms. The Morgan fingerprint density at radius 1 is 1.12 bits per heavy atom. The number of likely N-dealkylation sites (tertiary alicyclic amines) is 1. The van der Waals surface area contributed by atoms with Crippen LogP contribution in [0.25, 0.3) is 6.08 Å². The Balaban J connectivity index is 1.55. The van der Waals surface area contributed by atoms with Gasteiger partial charge in [-0.15, -0.1) is 5.10 Å². The molecule has 2 aliphatic rings. The zero-order valence-electron chi connectivity index (χ0n) is 24.5. The maximum absolute atomic E-state index is 15.1. The Morgan fingerprint density at radius 3 is 2.51 bits per heavy atom. The van der Waals surface area contributed by atoms with E-state index in [1.54, 1.807) is 36.9 Å². The number of methoxy groups -OCH3 is 1. The number of ketones is 1. The van der Waals surface area contributed by atoms with Crippen molar-refractivity contribution in [3.63, 3.8) is 0 Å². The SMILES string of the molecule is CCOC(=O)c1nnn(Cc2ccc(OC)cc2)c1/C=C1\CN(C(C(=O)C2CC2)c2ccccc2F)CCC1SC(C)=O. The van der Waals surface area contributed by atoms with Crippen LogP contribution in [-0.2, 0) is 20.9 Å². The molecule has 2 atom stereocenters. The molecule has 1 saturated carbocycles. The number of nitrogens with zero attached hydrogens (tertiary/aromatic N) is 4. The average Bonchev–Trinajstić information content (AvgIpc) is 3.78. The van der Waals surface area contributed by atoms with E-state index in [-0.39, 0.29) is 34.4 Å². The van der Waals surface area contributed by atoms with E-state index in [0.29, 0.717) is 43.1 Å². The number of benzene rings is 2. The molecule has 0 spiro atoms. The second kappa shape index (κ2) is 13.6. The molecule has 2 aromatic carbocycles. The maximum Gasteiger partial charge on any atom is 0.361 e. The Labute approximate surface area is 254 Å². The van der Waals surface area contributed by atoms with E-state index >= 15 is 4.39 Å². The molecule has 43 heavy (non-hydrogen) atoms. The zero-order valence-corrected chi connectivity index (χ0v) is 25.3. The molecule has 1 saturated heterocycles. The number of carbonyl (C=O) groups is 3. The topological polar surface area (TPSA) is 104 Å². The second-order valence-corrected chi connectivity index (χ2v) is 12.1. The van der Waals surface area contributed by atoms with Gasteiger partial charge in [-0.3, -0.25) is 14.5 Å². The third-order valence-electron chi connectivity index (χ3n) is 7.66. The quantitative estimate of drug-likeness (QED) is 0.276. The number of hydrogen-bond donors (Lipinski definition) is 0. The summed E-state index contributed by atoms with van der Waals surface area (Å²) in [5.41, 5.74) is 2.59. The van der Waals surface area contributed by atoms with Gasteiger partial charge >= 0.3 is 5.97 Å². The maximum atomic E-state index is 15.1. The van der Waals surface area contributed by atoms with E-state index < -0.39 is 17.8 Å². The summed E-state index contributed by atoms with van der Waals surface area (Å²) in [6.45, 7) is 4.54. The summed E-state index contributed by atoms with van der Waals surface area (Å²) in [5.74, 6) is -0.369. The molecule has 0 radical (unpaired) electrons. The van der Waals surface area contributed by atoms with Gasteiger partial charge in [0.1, 0.15) is 11.6 Å². The fraction of sp³-hybridized carbons (Fsp3) is 0.406. The molecule has 0 amide bonds. The smallest absolute Gasteiger partial charge is 0.361 e. The Bertz CT molecular complexity index is 1520. The van der Waals surface area contributed by atoms with Crippen LogP contribution in [-0.4, -0.2) is 68.8 Å². The molecule has 1 aromatic heterocycles. The minimum Gasteiger partial charge on any atom is -0.497 e. The molecule has 5 rings (SSSR count). The van der Waals surface area contributed by atoms with E-state index in [2.05, 4.69) is 10.3 Å². The number of rotatable bonds is 11. The highest BCUT2D eigenvalue weighted by atomic mass is 32.2. The number of carbonyl (C=O) groups excluding carboxylic acids is 3. The van der Waals surface area contributed by atoms with Gasteiger partial charge < -0.3 is 9.47 Å². The van der Waals surface area contributed by atoms with Crippen LogP contribution in [0.2, 0.25) is 0 Å². The lowest BCUT2D eigenvalue weighted by Crippen LogP contribution is -2.43. The molecule has 0 bridgehead atoms. The molecule has 0 N–H and O–H groups in total. The van der Waals surface area contributed by atoms with Gasteiger partial charge in [-0.25, -0.2) is 13.9 Å². The van der Waals surface area contributed by atoms with E-state index in [0.717, 1.165) is 24.0 Å². The Kier molecular flexibility index (Phi) is 9.72. The average molecular weight is 607 g/mol. The van der Waals surface area contributed by atoms with Crippen LogP contribution >= 0.6 is 11.8 Å². The van der Waals surface area contributed by atoms with Crippen LogP contribution in [0.1, 0.15) is 66.5 Å². The number of thioether (sulfide) groups is 1. The lowest BCUT2D eigenvalue weighted by atomic mass is 9.93. The first-order valence-corrected chi connectivity index (χ1v) is 15.3. The highest BCUT2D eigenvalue weighted by Gasteiger charge is 2.41. The molecule has 1 aliphatic heterocycles. The van der Waals surface area contributed by atoms with Crippen molar-refractivity contribution < 1.29 is 28.2 Å². The van der Waals surface area contributed by atoms with Crippen molar-refractivity contribution >= 4 is 34.7 Å². The van der Waals surface area contributed by atoms with Crippen LogP contribution in [0.3, 0.4) is 0 Å². The van der Waals surface area contributed by atoms with Gasteiger partial charge in [0.15, 0.2) is 16.6 Å². The van der Waals surface area contributed by atoms with Crippen molar-refractivity contribution in [3.8, 4) is 5.75 Å². The van der Waals surface area contributed by atoms with Gasteiger partial charge in [0.05, 0.1) is 32.0 Å². The van der Waals surface area contributed by atoms with Crippen LogP contribution in [0.5, 0.6) is 5.75 Å². The van der Waals surface area contributed by atoms with E-state index in [1.165, 1.54) is 24.8 Å². The standard InChI is InChI=1S/C32H35FN4O5S/c1-4-42-32(40)29-27(37(35-34-29)18-21-9-13-24(41-3)14-10-21)17-23-19-36(16-15-28(23)43-20(2)38)30(31(39)22-11-12-22)25-7-5-6-8-26(25)33/h5-10,13-14,17,22,28,30H,4,11-12,15-16,18-19H2,1-3H3/b23-17+. The lowest BCUT2D eigenvalue weighted by Gasteiger charge is -2.38. The molecular weight excluding hydrogens is 571 g/mol. The fourth-order valence-corrected chi connectivity index (χ4v) is 6.32. The predicted molar refractivity (Wildman–Crippen MR) is 161 cm³/mol. The minimum atomic E-state index is -0.743. The number of halogens is 1. The molecule has 2 unspecified atom stereocenters. The van der Waals surface area contributed by atoms with Gasteiger partial charge in [0.2, 0.25) is 0 Å². The van der Waals surface area contributed by atoms with Crippen LogP contribution in [0, 0.1) is 11.7 Å². The Morgan fingerprint density at radius 2 is 1.86 bits per heavy atom. The number of hydrogen-bond acceptors (Lipinski definition) is 9. The second-order valence-electron chi connectivity index (χ2n) is 10.7. The summed E-state index contributed by atoms with van der Waals surface area (Å²) in [6, 6.07) is 13.2. The zero-order chi connectivity index (χ0) is 30.5. The number of esters is 1. The van der Waals surface area contributed by atoms with Crippen molar-refractivity contribution in [1.82, 2.24) is 19.9 Å². The van der Waals surface area contributed by atoms with E-state index in [4.69, 9.17) is 9.47 Å². The first kappa shape index (κ1) is 30.6. The lowest BCUT2D eigenvalue weighted by molar-refractivity contribution is -0.126. The van der Waals surface area contributed by atoms with Gasteiger partial charge in [-0.05, 0) is 61.6 Å². The third-order valence-corrected chi connectivity index (χ3v) is 8.81. The van der Waals surface area contributed by atoms with Crippen LogP contribution < -0.4 is 4.74 Å². The summed E-state index contributed by atoms with van der Waals surface area (Å²) in [7, 11) is 1.60. The van der Waals surface area contributed by atoms with Crippen molar-refractivity contribution in [3.05, 3.63) is 82.4 Å². The number of ether oxygens (including phenoxy) is 2. The molecule has 1 aliphatic carbocycles. The van der Waals surface area contributed by atoms with Crippen molar-refractivity contribution in [2.45, 2.75) is 50.9 Å². The molecule has 226 valence electrons. The normalized spacial score (nSPS) is 18.8. The van der Waals surface area contributed by atoms with Gasteiger partial charge in [-0.2, -0.15) is 0 Å². The van der Waals surface area contributed by atoms with Crippen molar-refractivity contribution in [2.75, 3.05) is 26.8 Å². The van der Waals surface area contributed by atoms with Crippen LogP contribution in [0.4, 0.5) is 4.39 Å². The molecular formula is C32H35FN4O5S. The third kappa shape index (κ3) is 7.22. The molecule has 3 aromatic rings. The number of Topliss-reactive ketones (excluding diaryl/α,β-unsaturated/α-hetero) is 1. The van der Waals surface area contributed by atoms with Crippen molar-refractivity contribution in [2.24, 2.45) is 5.92 Å². The first-order chi connectivity index (χ1) is 20.8. The first-order valence-electron chi connectivity index (χ1n) is 14.4. The van der Waals surface area contributed by atoms with Gasteiger partial charge in [0, 0.05) is 36.7 Å². The highest BCUT2D eigenvalue weighted by Crippen LogP contribution is 2.41. The summed E-state index contributed by atoms with van der Waals surface area (Å²) >= 11 is 1.21. The van der Waals surface area contributed by atoms with Gasteiger partial charge in [-0.1, -0.05) is 47.3 Å². The highest BCUT2D eigenvalue weighted by molar-refractivity contribution is 8.14. The summed E-state index contributed by atoms with van der Waals surface area (Å²) in [6.07, 6.45) is 4.01. The summed E-state index contributed by atoms with van der Waals surface area (Å²) < 4.78 is 27.3. The summed E-state index contributed by atoms with van der Waals surface area (Å²) in [4.78, 5) is 40.8. The predicted octanol–water partition coefficient (Wildman–Crippen LogP) is 5.11. The van der Waals surface area contributed by atoms with Gasteiger partial charge in [0.25, 0.3) is 0 Å². The molecule has 2 fully saturated rings. The monoisotopic (exact) mass is 606 g/mol.